The SMILES string of the molecule is Cc1ccc(CN2CCCC23CCN(C(=O)OC(C(F)(F)F)C(F)(F)F)CC3)c(CCC(=O)O)c1.Cc1ccc(CN2CCCC23CCNCC3)c(CCC(=O)O)c1.Cl.OC(C(F)(F)F)C(F)(F)F. The summed E-state index contributed by atoms with van der Waals surface area (Å²) in [5.74, 6) is -1.61. The molecular formula is C45H59ClF12N4O7. The van der Waals surface area contributed by atoms with Gasteiger partial charge in [0, 0.05) is 50.1 Å². The number of carbonyl (C=O) groups is 3. The molecule has 0 saturated carbocycles. The first-order valence-electron chi connectivity index (χ1n) is 22.2. The fraction of sp³-hybridized carbons (Fsp3) is 0.667. The number of aryl methyl sites for hydroxylation is 4. The lowest BCUT2D eigenvalue weighted by atomic mass is 9.84. The second-order valence-corrected chi connectivity index (χ2v) is 17.9. The molecule has 392 valence electrons. The van der Waals surface area contributed by atoms with Crippen molar-refractivity contribution in [3.63, 3.8) is 0 Å². The third-order valence-electron chi connectivity index (χ3n) is 13.1. The number of halogens is 13. The number of amides is 1. The molecule has 11 nitrogen and oxygen atoms in total. The van der Waals surface area contributed by atoms with Crippen LogP contribution in [-0.4, -0.2) is 135 Å². The van der Waals surface area contributed by atoms with Gasteiger partial charge in [-0.2, -0.15) is 52.7 Å². The van der Waals surface area contributed by atoms with Crippen LogP contribution in [0.1, 0.15) is 97.6 Å². The minimum absolute atomic E-state index is 0. The first-order valence-corrected chi connectivity index (χ1v) is 22.2. The van der Waals surface area contributed by atoms with Crippen LogP contribution >= 0.6 is 12.4 Å². The number of likely N-dealkylation sites (tertiary alicyclic amines) is 3. The zero-order valence-corrected chi connectivity index (χ0v) is 38.8. The summed E-state index contributed by atoms with van der Waals surface area (Å²) in [5, 5.41) is 29.0. The molecule has 2 spiro atoms. The summed E-state index contributed by atoms with van der Waals surface area (Å²) in [4.78, 5) is 39.9. The largest absolute Gasteiger partial charge is 0.481 e. The van der Waals surface area contributed by atoms with Crippen LogP contribution in [0.3, 0.4) is 0 Å². The monoisotopic (exact) mass is 1030 g/mol. The Balaban J connectivity index is 0.000000317. The van der Waals surface area contributed by atoms with Gasteiger partial charge in [-0.25, -0.2) is 4.79 Å². The Hall–Kier alpha value is -4.06. The van der Waals surface area contributed by atoms with Crippen LogP contribution in [0.25, 0.3) is 0 Å². The van der Waals surface area contributed by atoms with E-state index < -0.39 is 54.9 Å². The number of hydrogen-bond acceptors (Lipinski definition) is 8. The van der Waals surface area contributed by atoms with Gasteiger partial charge in [0.1, 0.15) is 0 Å². The number of aliphatic hydroxyl groups excluding tert-OH is 1. The van der Waals surface area contributed by atoms with E-state index in [0.717, 1.165) is 60.6 Å². The van der Waals surface area contributed by atoms with Gasteiger partial charge >= 0.3 is 42.7 Å². The van der Waals surface area contributed by atoms with Crippen LogP contribution in [0.15, 0.2) is 36.4 Å². The zero-order valence-electron chi connectivity index (χ0n) is 38.0. The molecule has 4 aliphatic heterocycles. The normalized spacial score (nSPS) is 18.7. The molecule has 4 heterocycles. The highest BCUT2D eigenvalue weighted by Crippen LogP contribution is 2.42. The van der Waals surface area contributed by atoms with E-state index in [-0.39, 0.29) is 43.9 Å². The van der Waals surface area contributed by atoms with Gasteiger partial charge < -0.3 is 30.3 Å². The number of carboxylic acids is 2. The highest BCUT2D eigenvalue weighted by atomic mass is 35.5. The van der Waals surface area contributed by atoms with Crippen LogP contribution < -0.4 is 5.32 Å². The summed E-state index contributed by atoms with van der Waals surface area (Å²) >= 11 is 0. The molecule has 2 aromatic carbocycles. The number of ether oxygens (including phenoxy) is 1. The molecule has 0 atom stereocenters. The van der Waals surface area contributed by atoms with Crippen LogP contribution in [0.2, 0.25) is 0 Å². The van der Waals surface area contributed by atoms with Crippen molar-refractivity contribution in [3.8, 4) is 0 Å². The number of benzene rings is 2. The summed E-state index contributed by atoms with van der Waals surface area (Å²) in [5.41, 5.74) is 6.71. The van der Waals surface area contributed by atoms with Crippen molar-refractivity contribution in [1.82, 2.24) is 20.0 Å². The molecule has 0 aliphatic carbocycles. The van der Waals surface area contributed by atoms with Crippen molar-refractivity contribution in [3.05, 3.63) is 69.8 Å². The van der Waals surface area contributed by atoms with Crippen molar-refractivity contribution in [2.75, 3.05) is 39.3 Å². The number of carboxylic acid groups (broad SMARTS) is 2. The van der Waals surface area contributed by atoms with E-state index in [1.807, 2.05) is 25.1 Å². The number of nitrogens with zero attached hydrogens (tertiary/aromatic N) is 3. The second kappa shape index (κ2) is 24.4. The zero-order chi connectivity index (χ0) is 50.9. The number of alkyl halides is 12. The number of carbonyl (C=O) groups excluding carboxylic acids is 1. The van der Waals surface area contributed by atoms with E-state index in [0.29, 0.717) is 37.8 Å². The van der Waals surface area contributed by atoms with Gasteiger partial charge in [-0.05, 0) is 126 Å². The molecule has 4 aliphatic rings. The van der Waals surface area contributed by atoms with Gasteiger partial charge in [0.25, 0.3) is 6.10 Å². The maximum Gasteiger partial charge on any atom is 0.434 e. The Kier molecular flexibility index (Phi) is 20.9. The van der Waals surface area contributed by atoms with Crippen molar-refractivity contribution in [2.45, 2.75) is 152 Å². The predicted molar refractivity (Wildman–Crippen MR) is 230 cm³/mol. The molecule has 69 heavy (non-hydrogen) atoms. The van der Waals surface area contributed by atoms with E-state index in [1.165, 1.54) is 48.9 Å². The first kappa shape index (κ1) is 59.2. The summed E-state index contributed by atoms with van der Waals surface area (Å²) in [7, 11) is 0. The Morgan fingerprint density at radius 1 is 0.609 bits per heavy atom. The fourth-order valence-corrected chi connectivity index (χ4v) is 9.47. The number of aliphatic carboxylic acids is 2. The van der Waals surface area contributed by atoms with E-state index in [2.05, 4.69) is 45.0 Å². The lowest BCUT2D eigenvalue weighted by Crippen LogP contribution is -2.54. The predicted octanol–water partition coefficient (Wildman–Crippen LogP) is 9.70. The van der Waals surface area contributed by atoms with Crippen LogP contribution in [0.5, 0.6) is 0 Å². The van der Waals surface area contributed by atoms with E-state index in [4.69, 9.17) is 15.3 Å². The number of aliphatic hydroxyl groups is 1. The molecule has 6 rings (SSSR count). The summed E-state index contributed by atoms with van der Waals surface area (Å²) < 4.78 is 146. The first-order chi connectivity index (χ1) is 31.5. The van der Waals surface area contributed by atoms with Crippen molar-refractivity contribution >= 4 is 30.4 Å². The molecular weight excluding hydrogens is 972 g/mol. The van der Waals surface area contributed by atoms with Crippen molar-refractivity contribution in [1.29, 1.82) is 0 Å². The average molecular weight is 1030 g/mol. The molecule has 4 fully saturated rings. The van der Waals surface area contributed by atoms with Crippen LogP contribution in [0, 0.1) is 13.8 Å². The molecule has 2 aromatic rings. The van der Waals surface area contributed by atoms with Gasteiger partial charge in [-0.1, -0.05) is 47.5 Å². The molecule has 0 unspecified atom stereocenters. The van der Waals surface area contributed by atoms with Gasteiger partial charge in [-0.3, -0.25) is 19.4 Å². The van der Waals surface area contributed by atoms with Crippen LogP contribution in [0.4, 0.5) is 57.5 Å². The fourth-order valence-electron chi connectivity index (χ4n) is 9.47. The Labute approximate surface area is 397 Å². The Morgan fingerprint density at radius 2 is 1.00 bits per heavy atom. The highest BCUT2D eigenvalue weighted by molar-refractivity contribution is 5.85. The Bertz CT molecular complexity index is 1980. The lowest BCUT2D eigenvalue weighted by Gasteiger charge is -2.45. The molecule has 24 heteroatoms. The summed E-state index contributed by atoms with van der Waals surface area (Å²) in [6.45, 7) is 9.65. The van der Waals surface area contributed by atoms with Crippen LogP contribution in [-0.2, 0) is 40.3 Å². The van der Waals surface area contributed by atoms with E-state index in [1.54, 1.807) is 0 Å². The Morgan fingerprint density at radius 3 is 1.35 bits per heavy atom. The summed E-state index contributed by atoms with van der Waals surface area (Å²) in [6.07, 6.45) is -24.0. The number of piperidine rings is 2. The van der Waals surface area contributed by atoms with Crippen molar-refractivity contribution in [2.24, 2.45) is 0 Å². The number of hydrogen-bond donors (Lipinski definition) is 4. The minimum Gasteiger partial charge on any atom is -0.481 e. The van der Waals surface area contributed by atoms with Gasteiger partial charge in [-0.15, -0.1) is 12.4 Å². The third-order valence-corrected chi connectivity index (χ3v) is 13.1. The molecule has 0 bridgehead atoms. The van der Waals surface area contributed by atoms with Gasteiger partial charge in [0.2, 0.25) is 6.10 Å². The third kappa shape index (κ3) is 17.1. The molecule has 0 radical (unpaired) electrons. The van der Waals surface area contributed by atoms with E-state index >= 15 is 0 Å². The molecule has 0 aromatic heterocycles. The van der Waals surface area contributed by atoms with E-state index in [9.17, 15) is 67.1 Å². The second-order valence-electron chi connectivity index (χ2n) is 17.9. The van der Waals surface area contributed by atoms with Gasteiger partial charge in [0.15, 0.2) is 0 Å². The maximum absolute atomic E-state index is 12.7. The summed E-state index contributed by atoms with van der Waals surface area (Å²) in [6, 6.07) is 12.4. The quantitative estimate of drug-likeness (QED) is 0.161. The topological polar surface area (TPSA) is 143 Å². The standard InChI is InChI=1S/C23H28F6N2O4.C19H28N2O2.C3H2F6O.ClH/c1-15-3-4-17(16(13-15)5-6-18(32)33)14-31-10-2-7-21(31)8-11-30(12-9-21)20(34)35-19(22(24,25)26)23(27,28)29;1-15-3-4-17(16(13-15)5-6-18(22)23)14-21-12-2-7-19(21)8-10-20-11-9-19;4-2(5,6)1(10)3(7,8)9;/h3-4,13,19H,2,5-12,14H2,1H3,(H,32,33);3-4,13,20H,2,5-12,14H2,1H3,(H,22,23);1,10H;1H. The minimum atomic E-state index is -5.75. The smallest absolute Gasteiger partial charge is 0.434 e. The number of rotatable bonds is 11. The van der Waals surface area contributed by atoms with Crippen molar-refractivity contribution < 1.29 is 87.1 Å². The highest BCUT2D eigenvalue weighted by Gasteiger charge is 2.60. The number of nitrogens with one attached hydrogen (secondary N) is 1. The van der Waals surface area contributed by atoms with Gasteiger partial charge in [0.05, 0.1) is 0 Å². The molecule has 1 amide bonds. The molecule has 4 N–H and O–H groups in total. The average Bonchev–Trinajstić information content (AvgIpc) is 3.80. The molecule has 4 saturated heterocycles. The maximum atomic E-state index is 12.7. The lowest BCUT2D eigenvalue weighted by molar-refractivity contribution is -0.309.